The van der Waals surface area contributed by atoms with Gasteiger partial charge in [-0.05, 0) is 53.5 Å². The molecule has 0 saturated carbocycles. The predicted octanol–water partition coefficient (Wildman–Crippen LogP) is 4.31. The number of fused-ring (bicyclic) bond motifs is 1. The highest BCUT2D eigenvalue weighted by Crippen LogP contribution is 2.38. The maximum absolute atomic E-state index is 13.3. The molecule has 6 heteroatoms. The van der Waals surface area contributed by atoms with Gasteiger partial charge < -0.3 is 9.80 Å². The minimum atomic E-state index is 0.121. The summed E-state index contributed by atoms with van der Waals surface area (Å²) in [6.07, 6.45) is 2.28. The molecular weight excluding hydrogens is 454 g/mol. The molecule has 5 nitrogen and oxygen atoms in total. The van der Waals surface area contributed by atoms with Crippen molar-refractivity contribution in [1.82, 2.24) is 14.7 Å². The topological polar surface area (TPSA) is 43.9 Å². The number of nitrogens with zero attached hydrogens (tertiary/aromatic N) is 3. The molecule has 1 saturated heterocycles. The second-order valence-corrected chi connectivity index (χ2v) is 10.5. The highest BCUT2D eigenvalue weighted by Gasteiger charge is 2.33. The summed E-state index contributed by atoms with van der Waals surface area (Å²) >= 11 is 1.82. The maximum Gasteiger partial charge on any atom is 0.236 e. The Bertz CT molecular complexity index is 1170. The van der Waals surface area contributed by atoms with Crippen LogP contribution in [-0.4, -0.2) is 65.8 Å². The Kier molecular flexibility index (Phi) is 7.30. The molecule has 0 spiro atoms. The zero-order chi connectivity index (χ0) is 24.2. The molecule has 2 aliphatic rings. The molecule has 3 heterocycles. The Morgan fingerprint density at radius 1 is 0.829 bits per heavy atom. The molecule has 1 unspecified atom stereocenters. The second-order valence-electron chi connectivity index (χ2n) is 9.53. The predicted molar refractivity (Wildman–Crippen MR) is 141 cm³/mol. The first-order chi connectivity index (χ1) is 17.1. The van der Waals surface area contributed by atoms with Gasteiger partial charge in [-0.3, -0.25) is 14.5 Å². The Balaban J connectivity index is 1.19. The van der Waals surface area contributed by atoms with Crippen LogP contribution in [0.4, 0.5) is 0 Å². The van der Waals surface area contributed by atoms with Gasteiger partial charge in [-0.25, -0.2) is 0 Å². The van der Waals surface area contributed by atoms with Crippen molar-refractivity contribution in [2.45, 2.75) is 32.2 Å². The van der Waals surface area contributed by atoms with Crippen molar-refractivity contribution >= 4 is 23.2 Å². The lowest BCUT2D eigenvalue weighted by molar-refractivity contribution is -0.140. The van der Waals surface area contributed by atoms with Crippen molar-refractivity contribution in [3.05, 3.63) is 93.2 Å². The Morgan fingerprint density at radius 3 is 2.26 bits per heavy atom. The third-order valence-electron chi connectivity index (χ3n) is 7.34. The fourth-order valence-electron chi connectivity index (χ4n) is 5.33. The van der Waals surface area contributed by atoms with E-state index in [9.17, 15) is 9.59 Å². The number of hydrogen-bond donors (Lipinski definition) is 0. The van der Waals surface area contributed by atoms with Crippen LogP contribution in [-0.2, 0) is 22.4 Å². The van der Waals surface area contributed by atoms with Crippen LogP contribution in [0.1, 0.15) is 39.6 Å². The van der Waals surface area contributed by atoms with Gasteiger partial charge in [0.1, 0.15) is 0 Å². The number of rotatable bonds is 6. The van der Waals surface area contributed by atoms with Crippen molar-refractivity contribution in [3.8, 4) is 0 Å². The van der Waals surface area contributed by atoms with Crippen molar-refractivity contribution in [2.24, 2.45) is 0 Å². The van der Waals surface area contributed by atoms with Gasteiger partial charge in [-0.15, -0.1) is 11.3 Å². The quantitative estimate of drug-likeness (QED) is 0.521. The molecule has 0 bridgehead atoms. The summed E-state index contributed by atoms with van der Waals surface area (Å²) in [6, 6.07) is 21.0. The third kappa shape index (κ3) is 5.34. The number of hydrogen-bond acceptors (Lipinski definition) is 4. The summed E-state index contributed by atoms with van der Waals surface area (Å²) in [7, 11) is 0. The number of piperazine rings is 1. The lowest BCUT2D eigenvalue weighted by Crippen LogP contribution is -2.53. The molecule has 1 aromatic heterocycles. The molecule has 2 aromatic carbocycles. The zero-order valence-electron chi connectivity index (χ0n) is 20.4. The first kappa shape index (κ1) is 23.8. The second kappa shape index (κ2) is 10.8. The van der Waals surface area contributed by atoms with Crippen molar-refractivity contribution in [2.75, 3.05) is 39.3 Å². The molecular formula is C29H33N3O2S. The molecule has 3 aromatic rings. The van der Waals surface area contributed by atoms with Gasteiger partial charge in [-0.2, -0.15) is 0 Å². The lowest BCUT2D eigenvalue weighted by atomic mass is 9.90. The molecule has 1 fully saturated rings. The van der Waals surface area contributed by atoms with Crippen LogP contribution in [0.3, 0.4) is 0 Å². The average molecular weight is 488 g/mol. The van der Waals surface area contributed by atoms with Crippen molar-refractivity contribution in [1.29, 1.82) is 0 Å². The van der Waals surface area contributed by atoms with Gasteiger partial charge in [0.2, 0.25) is 11.8 Å². The average Bonchev–Trinajstić information content (AvgIpc) is 3.37. The van der Waals surface area contributed by atoms with Crippen LogP contribution >= 0.6 is 11.3 Å². The van der Waals surface area contributed by atoms with Gasteiger partial charge in [0, 0.05) is 44.0 Å². The minimum Gasteiger partial charge on any atom is -0.339 e. The minimum absolute atomic E-state index is 0.121. The fourth-order valence-corrected chi connectivity index (χ4v) is 6.23. The number of thiophene rings is 1. The number of aryl methyl sites for hydroxylation is 2. The van der Waals surface area contributed by atoms with E-state index >= 15 is 0 Å². The van der Waals surface area contributed by atoms with Gasteiger partial charge >= 0.3 is 0 Å². The van der Waals surface area contributed by atoms with E-state index in [2.05, 4.69) is 59.7 Å². The Morgan fingerprint density at radius 2 is 1.51 bits per heavy atom. The third-order valence-corrected chi connectivity index (χ3v) is 8.34. The lowest BCUT2D eigenvalue weighted by Gasteiger charge is -2.39. The van der Waals surface area contributed by atoms with Crippen LogP contribution in [0.25, 0.3) is 0 Å². The van der Waals surface area contributed by atoms with E-state index in [0.717, 1.165) is 19.4 Å². The monoisotopic (exact) mass is 487 g/mol. The van der Waals surface area contributed by atoms with Crippen LogP contribution in [0, 0.1) is 6.92 Å². The highest BCUT2D eigenvalue weighted by atomic mass is 32.1. The summed E-state index contributed by atoms with van der Waals surface area (Å²) in [4.78, 5) is 33.7. The normalized spacial score (nSPS) is 18.4. The van der Waals surface area contributed by atoms with Crippen LogP contribution in [0.2, 0.25) is 0 Å². The first-order valence-electron chi connectivity index (χ1n) is 12.6. The number of carbonyl (C=O) groups is 2. The van der Waals surface area contributed by atoms with Crippen LogP contribution < -0.4 is 0 Å². The first-order valence-corrected chi connectivity index (χ1v) is 13.4. The van der Waals surface area contributed by atoms with E-state index in [-0.39, 0.29) is 17.9 Å². The largest absolute Gasteiger partial charge is 0.339 e. The smallest absolute Gasteiger partial charge is 0.236 e. The van der Waals surface area contributed by atoms with E-state index in [1.165, 1.54) is 27.1 Å². The van der Waals surface area contributed by atoms with Gasteiger partial charge in [0.15, 0.2) is 0 Å². The van der Waals surface area contributed by atoms with Gasteiger partial charge in [0.05, 0.1) is 12.6 Å². The molecule has 0 aliphatic carbocycles. The summed E-state index contributed by atoms with van der Waals surface area (Å²) in [5, 5.41) is 2.18. The molecule has 0 N–H and O–H groups in total. The van der Waals surface area contributed by atoms with Crippen LogP contribution in [0.15, 0.2) is 66.0 Å². The summed E-state index contributed by atoms with van der Waals surface area (Å²) < 4.78 is 0. The molecule has 182 valence electrons. The van der Waals surface area contributed by atoms with E-state index in [1.807, 2.05) is 39.3 Å². The summed E-state index contributed by atoms with van der Waals surface area (Å²) in [6.45, 7) is 5.92. The zero-order valence-corrected chi connectivity index (χ0v) is 21.2. The van der Waals surface area contributed by atoms with Crippen molar-refractivity contribution < 1.29 is 9.59 Å². The molecule has 1 atom stereocenters. The highest BCUT2D eigenvalue weighted by molar-refractivity contribution is 7.10. The number of carbonyl (C=O) groups excluding carboxylic acids is 2. The van der Waals surface area contributed by atoms with E-state index in [4.69, 9.17) is 0 Å². The summed E-state index contributed by atoms with van der Waals surface area (Å²) in [5.74, 6) is 0.347. The molecule has 2 aliphatic heterocycles. The number of benzene rings is 2. The maximum atomic E-state index is 13.3. The van der Waals surface area contributed by atoms with Crippen molar-refractivity contribution in [3.63, 3.8) is 0 Å². The Hall–Kier alpha value is -2.96. The van der Waals surface area contributed by atoms with Crippen LogP contribution in [0.5, 0.6) is 0 Å². The van der Waals surface area contributed by atoms with Gasteiger partial charge in [-0.1, -0.05) is 54.6 Å². The van der Waals surface area contributed by atoms with E-state index < -0.39 is 0 Å². The van der Waals surface area contributed by atoms with E-state index in [1.54, 1.807) is 0 Å². The number of amides is 2. The molecule has 0 radical (unpaired) electrons. The molecule has 5 rings (SSSR count). The molecule has 2 amide bonds. The standard InChI is InChI=1S/C29H33N3O2S/c1-22-7-5-6-10-24(22)29-25-14-20-35-26(25)13-15-32(29)21-28(34)31-18-16-30(17-19-31)27(33)12-11-23-8-3-2-4-9-23/h2-10,14,20,29H,11-13,15-19,21H2,1H3. The van der Waals surface area contributed by atoms with Gasteiger partial charge in [0.25, 0.3) is 0 Å². The molecule has 35 heavy (non-hydrogen) atoms. The Labute approximate surface area is 212 Å². The van der Waals surface area contributed by atoms with E-state index in [0.29, 0.717) is 39.1 Å². The fraction of sp³-hybridized carbons (Fsp3) is 0.379. The SMILES string of the molecule is Cc1ccccc1C1c2ccsc2CCN1CC(=O)N1CCN(C(=O)CCc2ccccc2)CC1. The summed E-state index contributed by atoms with van der Waals surface area (Å²) in [5.41, 5.74) is 5.08.